The first kappa shape index (κ1) is 15.9. The minimum atomic E-state index is -1.26. The molecular weight excluding hydrogens is 264 g/mol. The van der Waals surface area contributed by atoms with Crippen LogP contribution in [0.5, 0.6) is 5.75 Å². The average Bonchev–Trinajstić information content (AvgIpc) is 2.35. The number of rotatable bonds is 6. The van der Waals surface area contributed by atoms with Crippen molar-refractivity contribution in [3.8, 4) is 5.75 Å². The van der Waals surface area contributed by atoms with Crippen molar-refractivity contribution in [3.63, 3.8) is 0 Å². The number of nitrogens with zero attached hydrogens (tertiary/aromatic N) is 2. The van der Waals surface area contributed by atoms with E-state index in [-0.39, 0.29) is 29.1 Å². The van der Waals surface area contributed by atoms with Gasteiger partial charge in [0.05, 0.1) is 4.92 Å². The van der Waals surface area contributed by atoms with E-state index < -0.39 is 10.9 Å². The van der Waals surface area contributed by atoms with Gasteiger partial charge in [-0.2, -0.15) is 0 Å². The van der Waals surface area contributed by atoms with Crippen molar-refractivity contribution in [2.24, 2.45) is 0 Å². The number of aromatic carboxylic acids is 1. The highest BCUT2D eigenvalue weighted by atomic mass is 16.6. The van der Waals surface area contributed by atoms with E-state index in [4.69, 9.17) is 9.84 Å². The van der Waals surface area contributed by atoms with Crippen LogP contribution in [0.4, 0.5) is 5.69 Å². The van der Waals surface area contributed by atoms with Gasteiger partial charge in [-0.05, 0) is 34.0 Å². The Morgan fingerprint density at radius 3 is 2.50 bits per heavy atom. The third-order valence-corrected chi connectivity index (χ3v) is 3.20. The van der Waals surface area contributed by atoms with Crippen LogP contribution < -0.4 is 4.74 Å². The second-order valence-corrected chi connectivity index (χ2v) is 5.21. The highest BCUT2D eigenvalue weighted by Gasteiger charge is 2.27. The quantitative estimate of drug-likeness (QED) is 0.633. The fraction of sp³-hybridized carbons (Fsp3) is 0.462. The summed E-state index contributed by atoms with van der Waals surface area (Å²) in [6.45, 7) is 3.91. The summed E-state index contributed by atoms with van der Waals surface area (Å²) in [5.74, 6) is -1.47. The Labute approximate surface area is 116 Å². The summed E-state index contributed by atoms with van der Waals surface area (Å²) >= 11 is 0. The van der Waals surface area contributed by atoms with Gasteiger partial charge in [-0.1, -0.05) is 6.07 Å². The Kier molecular flexibility index (Phi) is 4.67. The lowest BCUT2D eigenvalue weighted by Gasteiger charge is -2.32. The lowest BCUT2D eigenvalue weighted by molar-refractivity contribution is -0.386. The van der Waals surface area contributed by atoms with Gasteiger partial charge in [-0.15, -0.1) is 0 Å². The molecule has 0 radical (unpaired) electrons. The molecule has 7 nitrogen and oxygen atoms in total. The number of nitro benzene ring substituents is 1. The molecule has 0 aromatic heterocycles. The molecule has 0 heterocycles. The molecule has 0 atom stereocenters. The first-order valence-electron chi connectivity index (χ1n) is 5.97. The Morgan fingerprint density at radius 2 is 2.05 bits per heavy atom. The number of para-hydroxylation sites is 1. The summed E-state index contributed by atoms with van der Waals surface area (Å²) in [6.07, 6.45) is 0. The van der Waals surface area contributed by atoms with Crippen LogP contribution in [0.1, 0.15) is 24.2 Å². The average molecular weight is 282 g/mol. The molecule has 1 N–H and O–H groups in total. The van der Waals surface area contributed by atoms with E-state index in [1.807, 2.05) is 32.8 Å². The topological polar surface area (TPSA) is 92.9 Å². The monoisotopic (exact) mass is 282 g/mol. The zero-order valence-electron chi connectivity index (χ0n) is 11.9. The van der Waals surface area contributed by atoms with Gasteiger partial charge in [0.15, 0.2) is 0 Å². The molecule has 110 valence electrons. The van der Waals surface area contributed by atoms with E-state index in [9.17, 15) is 14.9 Å². The predicted octanol–water partition coefficient (Wildman–Crippen LogP) is 2.01. The number of hydrogen-bond donors (Lipinski definition) is 1. The zero-order valence-corrected chi connectivity index (χ0v) is 11.9. The Morgan fingerprint density at radius 1 is 1.45 bits per heavy atom. The van der Waals surface area contributed by atoms with Crippen molar-refractivity contribution in [1.29, 1.82) is 0 Å². The normalized spacial score (nSPS) is 11.4. The second-order valence-electron chi connectivity index (χ2n) is 5.21. The van der Waals surface area contributed by atoms with Gasteiger partial charge >= 0.3 is 11.7 Å². The maximum Gasteiger partial charge on any atom is 0.339 e. The summed E-state index contributed by atoms with van der Waals surface area (Å²) in [6, 6.07) is 3.84. The number of carboxylic acids is 1. The van der Waals surface area contributed by atoms with E-state index in [2.05, 4.69) is 0 Å². The van der Waals surface area contributed by atoms with E-state index in [1.54, 1.807) is 0 Å². The van der Waals surface area contributed by atoms with E-state index >= 15 is 0 Å². The minimum absolute atomic E-state index is 0.130. The highest BCUT2D eigenvalue weighted by molar-refractivity contribution is 5.92. The molecule has 7 heteroatoms. The maximum absolute atomic E-state index is 11.1. The first-order chi connectivity index (χ1) is 9.16. The standard InChI is InChI=1S/C13H18N2O5/c1-13(2,14(3)4)8-20-11-9(12(16)17)6-5-7-10(11)15(18)19/h5-7H,8H2,1-4H3,(H,16,17). The summed E-state index contributed by atoms with van der Waals surface area (Å²) in [5, 5.41) is 20.1. The van der Waals surface area contributed by atoms with Crippen LogP contribution in [0, 0.1) is 10.1 Å². The van der Waals surface area contributed by atoms with Crippen LogP contribution in [0.25, 0.3) is 0 Å². The number of nitro groups is 1. The van der Waals surface area contributed by atoms with Crippen molar-refractivity contribution in [3.05, 3.63) is 33.9 Å². The van der Waals surface area contributed by atoms with Crippen molar-refractivity contribution in [1.82, 2.24) is 4.90 Å². The van der Waals surface area contributed by atoms with Gasteiger partial charge in [0.1, 0.15) is 12.2 Å². The summed E-state index contributed by atoms with van der Waals surface area (Å²) < 4.78 is 5.45. The Hall–Kier alpha value is -2.15. The van der Waals surface area contributed by atoms with Gasteiger partial charge in [0.25, 0.3) is 0 Å². The SMILES string of the molecule is CN(C)C(C)(C)COc1c(C(=O)O)cccc1[N+](=O)[O-]. The fourth-order valence-corrected chi connectivity index (χ4v) is 1.37. The summed E-state index contributed by atoms with van der Waals surface area (Å²) in [5.41, 5.74) is -0.951. The summed E-state index contributed by atoms with van der Waals surface area (Å²) in [4.78, 5) is 23.4. The lowest BCUT2D eigenvalue weighted by atomic mass is 10.1. The smallest absolute Gasteiger partial charge is 0.339 e. The molecular formula is C13H18N2O5. The fourth-order valence-electron chi connectivity index (χ4n) is 1.37. The molecule has 0 amide bonds. The molecule has 1 rings (SSSR count). The van der Waals surface area contributed by atoms with E-state index in [0.29, 0.717) is 0 Å². The van der Waals surface area contributed by atoms with Crippen molar-refractivity contribution in [2.75, 3.05) is 20.7 Å². The molecule has 0 aliphatic carbocycles. The second kappa shape index (κ2) is 5.87. The number of carboxylic acid groups (broad SMARTS) is 1. The predicted molar refractivity (Wildman–Crippen MR) is 73.3 cm³/mol. The molecule has 0 aliphatic heterocycles. The van der Waals surface area contributed by atoms with Gasteiger partial charge in [0.2, 0.25) is 5.75 Å². The molecule has 0 saturated carbocycles. The number of ether oxygens (including phenoxy) is 1. The zero-order chi connectivity index (χ0) is 15.5. The Bertz CT molecular complexity index is 493. The number of hydrogen-bond acceptors (Lipinski definition) is 5. The molecule has 20 heavy (non-hydrogen) atoms. The van der Waals surface area contributed by atoms with Gasteiger partial charge in [-0.25, -0.2) is 4.79 Å². The van der Waals surface area contributed by atoms with Crippen LogP contribution in [-0.2, 0) is 0 Å². The number of benzene rings is 1. The van der Waals surface area contributed by atoms with E-state index in [1.165, 1.54) is 18.2 Å². The third kappa shape index (κ3) is 3.45. The van der Waals surface area contributed by atoms with Crippen LogP contribution >= 0.6 is 0 Å². The van der Waals surface area contributed by atoms with Crippen molar-refractivity contribution in [2.45, 2.75) is 19.4 Å². The van der Waals surface area contributed by atoms with Crippen LogP contribution in [0.3, 0.4) is 0 Å². The first-order valence-corrected chi connectivity index (χ1v) is 5.97. The molecule has 1 aromatic carbocycles. The lowest BCUT2D eigenvalue weighted by Crippen LogP contribution is -2.43. The van der Waals surface area contributed by atoms with Crippen molar-refractivity contribution < 1.29 is 19.6 Å². The summed E-state index contributed by atoms with van der Waals surface area (Å²) in [7, 11) is 3.70. The largest absolute Gasteiger partial charge is 0.484 e. The molecule has 0 aliphatic rings. The van der Waals surface area contributed by atoms with Gasteiger partial charge in [-0.3, -0.25) is 10.1 Å². The molecule has 0 fully saturated rings. The molecule has 0 spiro atoms. The van der Waals surface area contributed by atoms with Gasteiger partial charge in [0, 0.05) is 11.6 Å². The van der Waals surface area contributed by atoms with E-state index in [0.717, 1.165) is 0 Å². The molecule has 1 aromatic rings. The van der Waals surface area contributed by atoms with Gasteiger partial charge < -0.3 is 14.7 Å². The molecule has 0 bridgehead atoms. The van der Waals surface area contributed by atoms with Crippen LogP contribution in [-0.4, -0.2) is 47.1 Å². The maximum atomic E-state index is 11.1. The molecule has 0 unspecified atom stereocenters. The van der Waals surface area contributed by atoms with Crippen molar-refractivity contribution >= 4 is 11.7 Å². The highest BCUT2D eigenvalue weighted by Crippen LogP contribution is 2.31. The number of likely N-dealkylation sites (N-methyl/N-ethyl adjacent to an activating group) is 1. The Balaban J connectivity index is 3.15. The third-order valence-electron chi connectivity index (χ3n) is 3.20. The minimum Gasteiger partial charge on any atom is -0.484 e. The number of carbonyl (C=O) groups is 1. The molecule has 0 saturated heterocycles. The van der Waals surface area contributed by atoms with Crippen LogP contribution in [0.15, 0.2) is 18.2 Å². The van der Waals surface area contributed by atoms with Crippen LogP contribution in [0.2, 0.25) is 0 Å².